The molecule has 0 aliphatic heterocycles. The molecule has 1 aromatic carbocycles. The van der Waals surface area contributed by atoms with E-state index in [0.717, 1.165) is 21.1 Å². The maximum absolute atomic E-state index is 4.55. The van der Waals surface area contributed by atoms with Crippen molar-refractivity contribution in [2.75, 3.05) is 0 Å². The van der Waals surface area contributed by atoms with Crippen LogP contribution in [-0.2, 0) is 0 Å². The summed E-state index contributed by atoms with van der Waals surface area (Å²) in [6.07, 6.45) is 3.47. The van der Waals surface area contributed by atoms with Crippen molar-refractivity contribution in [3.63, 3.8) is 0 Å². The van der Waals surface area contributed by atoms with Gasteiger partial charge in [-0.2, -0.15) is 0 Å². The normalized spacial score (nSPS) is 10.6. The van der Waals surface area contributed by atoms with E-state index in [1.807, 2.05) is 24.3 Å². The molecule has 3 rings (SSSR count). The van der Waals surface area contributed by atoms with Gasteiger partial charge in [-0.25, -0.2) is 15.0 Å². The third kappa shape index (κ3) is 2.26. The summed E-state index contributed by atoms with van der Waals surface area (Å²) in [7, 11) is 0. The molecule has 82 valence electrons. The topological polar surface area (TPSA) is 38.7 Å². The average molecular weight is 239 g/mol. The molecule has 0 aliphatic rings. The number of para-hydroxylation sites is 1. The van der Waals surface area contributed by atoms with Crippen molar-refractivity contribution < 1.29 is 0 Å². The number of hydrogen-bond donors (Lipinski definition) is 0. The lowest BCUT2D eigenvalue weighted by Crippen LogP contribution is -1.86. The number of aromatic nitrogens is 3. The fraction of sp³-hybridized carbons (Fsp3) is 0. The molecule has 17 heavy (non-hydrogen) atoms. The second-order valence-electron chi connectivity index (χ2n) is 3.48. The van der Waals surface area contributed by atoms with Gasteiger partial charge in [-0.3, -0.25) is 0 Å². The summed E-state index contributed by atoms with van der Waals surface area (Å²) >= 11 is 1.47. The summed E-state index contributed by atoms with van der Waals surface area (Å²) in [4.78, 5) is 12.9. The third-order valence-electron chi connectivity index (χ3n) is 2.31. The summed E-state index contributed by atoms with van der Waals surface area (Å²) in [6, 6.07) is 13.9. The van der Waals surface area contributed by atoms with Crippen molar-refractivity contribution in [1.29, 1.82) is 0 Å². The van der Waals surface area contributed by atoms with E-state index in [-0.39, 0.29) is 0 Å². The molecule has 0 saturated heterocycles. The van der Waals surface area contributed by atoms with E-state index in [2.05, 4.69) is 27.1 Å². The predicted octanol–water partition coefficient (Wildman–Crippen LogP) is 3.18. The Hall–Kier alpha value is -1.94. The van der Waals surface area contributed by atoms with E-state index in [0.29, 0.717) is 0 Å². The molecule has 0 unspecified atom stereocenters. The molecule has 3 nitrogen and oxygen atoms in total. The molecule has 0 spiro atoms. The second-order valence-corrected chi connectivity index (χ2v) is 4.46. The highest BCUT2D eigenvalue weighted by molar-refractivity contribution is 7.99. The Morgan fingerprint density at radius 1 is 0.824 bits per heavy atom. The Morgan fingerprint density at radius 3 is 2.53 bits per heavy atom. The van der Waals surface area contributed by atoms with Crippen LogP contribution in [-0.4, -0.2) is 15.0 Å². The van der Waals surface area contributed by atoms with E-state index >= 15 is 0 Å². The number of pyridine rings is 1. The van der Waals surface area contributed by atoms with Crippen LogP contribution in [0.5, 0.6) is 0 Å². The quantitative estimate of drug-likeness (QED) is 0.644. The van der Waals surface area contributed by atoms with Gasteiger partial charge in [0, 0.05) is 17.8 Å². The average Bonchev–Trinajstić information content (AvgIpc) is 2.40. The maximum Gasteiger partial charge on any atom is 0.193 e. The molecule has 0 bridgehead atoms. The Balaban J connectivity index is 1.96. The van der Waals surface area contributed by atoms with Crippen molar-refractivity contribution in [3.8, 4) is 0 Å². The molecule has 2 heterocycles. The lowest BCUT2D eigenvalue weighted by atomic mass is 10.2. The number of benzene rings is 1. The van der Waals surface area contributed by atoms with Gasteiger partial charge in [0.05, 0.1) is 5.52 Å². The molecular formula is C13H9N3S. The highest BCUT2D eigenvalue weighted by Gasteiger charge is 2.01. The van der Waals surface area contributed by atoms with Crippen molar-refractivity contribution in [3.05, 3.63) is 54.9 Å². The zero-order chi connectivity index (χ0) is 11.5. The molecule has 0 radical (unpaired) electrons. The molecule has 3 aromatic rings. The van der Waals surface area contributed by atoms with Gasteiger partial charge in [-0.1, -0.05) is 24.3 Å². The van der Waals surface area contributed by atoms with Crippen molar-refractivity contribution in [2.24, 2.45) is 0 Å². The zero-order valence-corrected chi connectivity index (χ0v) is 9.76. The van der Waals surface area contributed by atoms with Gasteiger partial charge < -0.3 is 0 Å². The first-order valence-electron chi connectivity index (χ1n) is 5.22. The smallest absolute Gasteiger partial charge is 0.193 e. The number of fused-ring (bicyclic) bond motifs is 1. The first kappa shape index (κ1) is 10.2. The second kappa shape index (κ2) is 4.51. The minimum Gasteiger partial charge on any atom is -0.241 e. The molecule has 0 saturated carbocycles. The molecule has 0 fully saturated rings. The minimum absolute atomic E-state index is 0.718. The van der Waals surface area contributed by atoms with Crippen LogP contribution in [0.3, 0.4) is 0 Å². The van der Waals surface area contributed by atoms with Crippen molar-refractivity contribution >= 4 is 22.7 Å². The van der Waals surface area contributed by atoms with Gasteiger partial charge in [0.15, 0.2) is 5.16 Å². The van der Waals surface area contributed by atoms with E-state index in [1.165, 1.54) is 11.8 Å². The molecule has 0 aliphatic carbocycles. The van der Waals surface area contributed by atoms with Gasteiger partial charge in [0.1, 0.15) is 5.03 Å². The highest BCUT2D eigenvalue weighted by atomic mass is 32.2. The van der Waals surface area contributed by atoms with E-state index in [9.17, 15) is 0 Å². The summed E-state index contributed by atoms with van der Waals surface area (Å²) < 4.78 is 0. The molecule has 0 N–H and O–H groups in total. The van der Waals surface area contributed by atoms with Crippen LogP contribution in [0.4, 0.5) is 0 Å². The van der Waals surface area contributed by atoms with Crippen LogP contribution in [0.15, 0.2) is 65.0 Å². The molecule has 0 atom stereocenters. The van der Waals surface area contributed by atoms with Crippen LogP contribution in [0.25, 0.3) is 10.9 Å². The van der Waals surface area contributed by atoms with Crippen LogP contribution in [0.1, 0.15) is 0 Å². The van der Waals surface area contributed by atoms with Gasteiger partial charge in [0.2, 0.25) is 0 Å². The third-order valence-corrected chi connectivity index (χ3v) is 3.14. The van der Waals surface area contributed by atoms with Gasteiger partial charge in [-0.05, 0) is 30.0 Å². The van der Waals surface area contributed by atoms with Crippen LogP contribution >= 0.6 is 11.8 Å². The van der Waals surface area contributed by atoms with Gasteiger partial charge >= 0.3 is 0 Å². The van der Waals surface area contributed by atoms with E-state index in [1.54, 1.807) is 18.5 Å². The zero-order valence-electron chi connectivity index (χ0n) is 8.95. The van der Waals surface area contributed by atoms with Crippen LogP contribution in [0.2, 0.25) is 0 Å². The first-order chi connectivity index (χ1) is 8.42. The summed E-state index contributed by atoms with van der Waals surface area (Å²) in [5.41, 5.74) is 0.994. The summed E-state index contributed by atoms with van der Waals surface area (Å²) in [6.45, 7) is 0. The Bertz CT molecular complexity index is 640. The summed E-state index contributed by atoms with van der Waals surface area (Å²) in [5, 5.41) is 2.77. The predicted molar refractivity (Wildman–Crippen MR) is 67.9 cm³/mol. The monoisotopic (exact) mass is 239 g/mol. The number of rotatable bonds is 2. The maximum atomic E-state index is 4.55. The molecule has 2 aromatic heterocycles. The van der Waals surface area contributed by atoms with Crippen LogP contribution < -0.4 is 0 Å². The fourth-order valence-corrected chi connectivity index (χ4v) is 2.23. The lowest BCUT2D eigenvalue weighted by molar-refractivity contribution is 0.962. The first-order valence-corrected chi connectivity index (χ1v) is 6.04. The number of hydrogen-bond acceptors (Lipinski definition) is 4. The molecule has 0 amide bonds. The SMILES string of the molecule is c1cnc(Sc2ccc3ccccc3n2)nc1. The van der Waals surface area contributed by atoms with Crippen LogP contribution in [0, 0.1) is 0 Å². The van der Waals surface area contributed by atoms with E-state index < -0.39 is 0 Å². The Kier molecular flexibility index (Phi) is 2.71. The number of nitrogens with zero attached hydrogens (tertiary/aromatic N) is 3. The van der Waals surface area contributed by atoms with E-state index in [4.69, 9.17) is 0 Å². The molecular weight excluding hydrogens is 230 g/mol. The highest BCUT2D eigenvalue weighted by Crippen LogP contribution is 2.24. The molecule has 4 heteroatoms. The Labute approximate surface area is 103 Å². The standard InChI is InChI=1S/C13H9N3S/c1-2-5-11-10(4-1)6-7-12(16-11)17-13-14-8-3-9-15-13/h1-9H. The van der Waals surface area contributed by atoms with Gasteiger partial charge in [0.25, 0.3) is 0 Å². The van der Waals surface area contributed by atoms with Gasteiger partial charge in [-0.15, -0.1) is 0 Å². The Morgan fingerprint density at radius 2 is 1.65 bits per heavy atom. The lowest BCUT2D eigenvalue weighted by Gasteiger charge is -2.01. The van der Waals surface area contributed by atoms with Crippen molar-refractivity contribution in [1.82, 2.24) is 15.0 Å². The minimum atomic E-state index is 0.718. The largest absolute Gasteiger partial charge is 0.241 e. The van der Waals surface area contributed by atoms with Crippen molar-refractivity contribution in [2.45, 2.75) is 10.2 Å². The fourth-order valence-electron chi connectivity index (χ4n) is 1.54. The summed E-state index contributed by atoms with van der Waals surface area (Å²) in [5.74, 6) is 0.